The number of hydrogen-bond acceptors (Lipinski definition) is 5. The molecule has 1 aromatic carbocycles. The van der Waals surface area contributed by atoms with Gasteiger partial charge in [-0.25, -0.2) is 0 Å². The fourth-order valence-corrected chi connectivity index (χ4v) is 6.53. The Morgan fingerprint density at radius 3 is 2.60 bits per heavy atom. The molecule has 2 aliphatic carbocycles. The Labute approximate surface area is 204 Å². The molecule has 184 valence electrons. The molecule has 2 spiro atoms. The zero-order chi connectivity index (χ0) is 24.2. The maximum Gasteiger partial charge on any atom is 0.270 e. The molecule has 3 fully saturated rings. The summed E-state index contributed by atoms with van der Waals surface area (Å²) in [7, 11) is 1.71. The molecule has 9 nitrogen and oxygen atoms in total. The lowest BCUT2D eigenvalue weighted by Gasteiger charge is -2.56. The fraction of sp³-hybridized carbons (Fsp3) is 0.538. The van der Waals surface area contributed by atoms with Crippen molar-refractivity contribution in [1.82, 2.24) is 15.1 Å². The highest BCUT2D eigenvalue weighted by molar-refractivity contribution is 6.07. The van der Waals surface area contributed by atoms with E-state index in [1.807, 2.05) is 18.2 Å². The summed E-state index contributed by atoms with van der Waals surface area (Å²) in [5.41, 5.74) is 2.56. The van der Waals surface area contributed by atoms with E-state index in [2.05, 4.69) is 21.0 Å². The van der Waals surface area contributed by atoms with Gasteiger partial charge in [0.05, 0.1) is 5.41 Å². The van der Waals surface area contributed by atoms with Crippen molar-refractivity contribution in [2.24, 2.45) is 18.4 Å². The Morgan fingerprint density at radius 2 is 1.94 bits per heavy atom. The quantitative estimate of drug-likeness (QED) is 0.613. The van der Waals surface area contributed by atoms with Crippen LogP contribution in [-0.4, -0.2) is 46.8 Å². The minimum Gasteiger partial charge on any atom is -0.381 e. The van der Waals surface area contributed by atoms with Crippen LogP contribution in [0.1, 0.15) is 61.0 Å². The van der Waals surface area contributed by atoms with Gasteiger partial charge in [0.2, 0.25) is 11.8 Å². The number of aromatic nitrogens is 2. The number of amides is 3. The van der Waals surface area contributed by atoms with Gasteiger partial charge in [-0.2, -0.15) is 5.10 Å². The lowest BCUT2D eigenvalue weighted by atomic mass is 9.50. The summed E-state index contributed by atoms with van der Waals surface area (Å²) in [5, 5.41) is 13.1. The average molecular weight is 478 g/mol. The summed E-state index contributed by atoms with van der Waals surface area (Å²) in [6.07, 6.45) is 8.48. The van der Waals surface area contributed by atoms with Crippen molar-refractivity contribution in [3.05, 3.63) is 41.7 Å². The SMILES string of the molecule is Cn1nccc1C(=O)NC(C(=O)Nc1ccc2c(c1)NC(=O)C21CCOCC1)C1CC2(CCC2)C1. The Hall–Kier alpha value is -3.20. The van der Waals surface area contributed by atoms with Crippen LogP contribution in [0.3, 0.4) is 0 Å². The summed E-state index contributed by atoms with van der Waals surface area (Å²) in [4.78, 5) is 39.2. The summed E-state index contributed by atoms with van der Waals surface area (Å²) in [6, 6.07) is 6.62. The van der Waals surface area contributed by atoms with Crippen LogP contribution in [-0.2, 0) is 26.8 Å². The predicted molar refractivity (Wildman–Crippen MR) is 129 cm³/mol. The van der Waals surface area contributed by atoms with Gasteiger partial charge in [0, 0.05) is 37.8 Å². The van der Waals surface area contributed by atoms with E-state index in [1.165, 1.54) is 23.9 Å². The number of rotatable bonds is 5. The number of hydrogen-bond donors (Lipinski definition) is 3. The summed E-state index contributed by atoms with van der Waals surface area (Å²) < 4.78 is 6.98. The zero-order valence-electron chi connectivity index (χ0n) is 19.9. The monoisotopic (exact) mass is 477 g/mol. The van der Waals surface area contributed by atoms with Crippen LogP contribution in [0.2, 0.25) is 0 Å². The van der Waals surface area contributed by atoms with E-state index < -0.39 is 11.5 Å². The number of nitrogens with zero attached hydrogens (tertiary/aromatic N) is 2. The predicted octanol–water partition coefficient (Wildman–Crippen LogP) is 2.74. The van der Waals surface area contributed by atoms with Crippen LogP contribution in [0.4, 0.5) is 11.4 Å². The second-order valence-corrected chi connectivity index (χ2v) is 10.7. The van der Waals surface area contributed by atoms with Crippen molar-refractivity contribution >= 4 is 29.1 Å². The Morgan fingerprint density at radius 1 is 1.17 bits per heavy atom. The maximum absolute atomic E-state index is 13.5. The minimum atomic E-state index is -0.631. The van der Waals surface area contributed by atoms with Gasteiger partial charge in [-0.1, -0.05) is 12.5 Å². The van der Waals surface area contributed by atoms with Crippen molar-refractivity contribution in [3.63, 3.8) is 0 Å². The number of ether oxygens (including phenoxy) is 1. The molecular weight excluding hydrogens is 446 g/mol. The number of nitrogens with one attached hydrogen (secondary N) is 3. The van der Waals surface area contributed by atoms with Crippen molar-refractivity contribution in [3.8, 4) is 0 Å². The van der Waals surface area contributed by atoms with Crippen LogP contribution < -0.4 is 16.0 Å². The number of aryl methyl sites for hydroxylation is 1. The molecule has 0 radical (unpaired) electrons. The highest BCUT2D eigenvalue weighted by Gasteiger charge is 2.52. The largest absolute Gasteiger partial charge is 0.381 e. The zero-order valence-corrected chi connectivity index (χ0v) is 19.9. The molecular formula is C26H31N5O4. The van der Waals surface area contributed by atoms with Crippen molar-refractivity contribution in [2.45, 2.75) is 56.4 Å². The fourth-order valence-electron chi connectivity index (χ4n) is 6.53. The molecule has 6 rings (SSSR count). The van der Waals surface area contributed by atoms with E-state index in [0.717, 1.165) is 24.1 Å². The Kier molecular flexibility index (Phi) is 5.21. The third-order valence-electron chi connectivity index (χ3n) is 8.73. The van der Waals surface area contributed by atoms with E-state index in [9.17, 15) is 14.4 Å². The Balaban J connectivity index is 1.20. The molecule has 2 saturated carbocycles. The molecule has 1 aromatic heterocycles. The molecule has 1 atom stereocenters. The molecule has 3 heterocycles. The summed E-state index contributed by atoms with van der Waals surface area (Å²) >= 11 is 0. The average Bonchev–Trinajstić information content (AvgIpc) is 3.32. The molecule has 3 amide bonds. The van der Waals surface area contributed by atoms with E-state index in [0.29, 0.717) is 42.9 Å². The van der Waals surface area contributed by atoms with Gasteiger partial charge in [0.25, 0.3) is 5.91 Å². The molecule has 35 heavy (non-hydrogen) atoms. The first-order valence-electron chi connectivity index (χ1n) is 12.5. The minimum absolute atomic E-state index is 0.000794. The molecule has 1 unspecified atom stereocenters. The number of benzene rings is 1. The van der Waals surface area contributed by atoms with Crippen molar-refractivity contribution in [1.29, 1.82) is 0 Å². The normalized spacial score (nSPS) is 22.6. The third kappa shape index (κ3) is 3.64. The third-order valence-corrected chi connectivity index (χ3v) is 8.73. The van der Waals surface area contributed by atoms with Gasteiger partial charge in [-0.15, -0.1) is 0 Å². The molecule has 3 N–H and O–H groups in total. The van der Waals surface area contributed by atoms with E-state index in [4.69, 9.17) is 4.74 Å². The number of carbonyl (C=O) groups is 3. The number of fused-ring (bicyclic) bond motifs is 2. The molecule has 4 aliphatic rings. The van der Waals surface area contributed by atoms with Crippen molar-refractivity contribution < 1.29 is 19.1 Å². The van der Waals surface area contributed by atoms with Crippen molar-refractivity contribution in [2.75, 3.05) is 23.8 Å². The van der Waals surface area contributed by atoms with Crippen LogP contribution in [0.15, 0.2) is 30.5 Å². The Bertz CT molecular complexity index is 1190. The van der Waals surface area contributed by atoms with Gasteiger partial charge < -0.3 is 20.7 Å². The van der Waals surface area contributed by atoms with Gasteiger partial charge in [0.1, 0.15) is 11.7 Å². The highest BCUT2D eigenvalue weighted by atomic mass is 16.5. The van der Waals surface area contributed by atoms with E-state index >= 15 is 0 Å². The molecule has 9 heteroatoms. The summed E-state index contributed by atoms with van der Waals surface area (Å²) in [5.74, 6) is -0.430. The molecule has 1 saturated heterocycles. The molecule has 2 aliphatic heterocycles. The van der Waals surface area contributed by atoms with Gasteiger partial charge >= 0.3 is 0 Å². The standard InChI is InChI=1S/C26H31N5O4/c1-31-20(5-10-27-31)22(32)30-21(16-14-25(15-16)6-2-7-25)23(33)28-17-3-4-18-19(13-17)29-24(34)26(18)8-11-35-12-9-26/h3-5,10,13,16,21H,2,6-9,11-12,14-15H2,1H3,(H,28,33)(H,29,34)(H,30,32). The van der Waals surface area contributed by atoms with Gasteiger partial charge in [-0.3, -0.25) is 19.1 Å². The number of anilines is 2. The van der Waals surface area contributed by atoms with Gasteiger partial charge in [0.15, 0.2) is 0 Å². The first kappa shape index (κ1) is 22.3. The number of carbonyl (C=O) groups excluding carboxylic acids is 3. The van der Waals surface area contributed by atoms with Crippen LogP contribution in [0, 0.1) is 11.3 Å². The molecule has 0 bridgehead atoms. The smallest absolute Gasteiger partial charge is 0.270 e. The maximum atomic E-state index is 13.5. The summed E-state index contributed by atoms with van der Waals surface area (Å²) in [6.45, 7) is 1.12. The lowest BCUT2D eigenvalue weighted by molar-refractivity contribution is -0.124. The highest BCUT2D eigenvalue weighted by Crippen LogP contribution is 2.59. The first-order chi connectivity index (χ1) is 16.9. The lowest BCUT2D eigenvalue weighted by Crippen LogP contribution is -2.56. The second-order valence-electron chi connectivity index (χ2n) is 10.7. The van der Waals surface area contributed by atoms with Crippen LogP contribution >= 0.6 is 0 Å². The van der Waals surface area contributed by atoms with Crippen LogP contribution in [0.25, 0.3) is 0 Å². The van der Waals surface area contributed by atoms with Gasteiger partial charge in [-0.05, 0) is 73.6 Å². The first-order valence-corrected chi connectivity index (χ1v) is 12.5. The van der Waals surface area contributed by atoms with Crippen LogP contribution in [0.5, 0.6) is 0 Å². The van der Waals surface area contributed by atoms with E-state index in [-0.39, 0.29) is 23.6 Å². The second kappa shape index (κ2) is 8.19. The molecule has 2 aromatic rings. The van der Waals surface area contributed by atoms with E-state index in [1.54, 1.807) is 19.3 Å². The topological polar surface area (TPSA) is 114 Å².